The number of nitrogens with zero attached hydrogens (tertiary/aromatic N) is 2. The lowest BCUT2D eigenvalue weighted by atomic mass is 10.2. The number of anilines is 1. The maximum atomic E-state index is 12.9. The van der Waals surface area contributed by atoms with E-state index in [0.717, 1.165) is 10.6 Å². The average Bonchev–Trinajstić information content (AvgIpc) is 3.22. The molecule has 0 atom stereocenters. The molecule has 29 heavy (non-hydrogen) atoms. The first-order chi connectivity index (χ1) is 14.0. The van der Waals surface area contributed by atoms with Crippen LogP contribution in [0.25, 0.3) is 0 Å². The van der Waals surface area contributed by atoms with Gasteiger partial charge in [-0.1, -0.05) is 41.4 Å². The standard InChI is InChI=1S/C20H17Cl2N3O2S2/c1-25(9-18(26)24-19-15(21)6-4-7-16(19)22)20(27)14-5-2-3-8-17(14)29-11-13-10-28-12-23-13/h2-8,10,12H,9,11H2,1H3,(H,24,26). The molecule has 1 aromatic heterocycles. The Morgan fingerprint density at radius 3 is 2.55 bits per heavy atom. The minimum absolute atomic E-state index is 0.133. The third kappa shape index (κ3) is 5.73. The van der Waals surface area contributed by atoms with E-state index >= 15 is 0 Å². The molecular weight excluding hydrogens is 449 g/mol. The predicted molar refractivity (Wildman–Crippen MR) is 120 cm³/mol. The number of carbonyl (C=O) groups is 2. The van der Waals surface area contributed by atoms with Crippen molar-refractivity contribution in [2.45, 2.75) is 10.6 Å². The highest BCUT2D eigenvalue weighted by Crippen LogP contribution is 2.30. The highest BCUT2D eigenvalue weighted by molar-refractivity contribution is 7.98. The molecule has 150 valence electrons. The van der Waals surface area contributed by atoms with E-state index in [1.54, 1.807) is 42.9 Å². The van der Waals surface area contributed by atoms with Crippen molar-refractivity contribution >= 4 is 63.8 Å². The minimum atomic E-state index is -0.386. The fourth-order valence-corrected chi connectivity index (χ4v) is 4.62. The van der Waals surface area contributed by atoms with Crippen LogP contribution in [0.3, 0.4) is 0 Å². The highest BCUT2D eigenvalue weighted by atomic mass is 35.5. The maximum Gasteiger partial charge on any atom is 0.255 e. The second kappa shape index (κ2) is 10.1. The Bertz CT molecular complexity index is 992. The molecule has 2 aromatic carbocycles. The number of rotatable bonds is 7. The molecule has 9 heteroatoms. The van der Waals surface area contributed by atoms with Crippen molar-refractivity contribution in [3.05, 3.63) is 74.7 Å². The molecule has 0 radical (unpaired) electrons. The Hall–Kier alpha value is -2.06. The number of nitrogens with one attached hydrogen (secondary N) is 1. The molecule has 0 bridgehead atoms. The summed E-state index contributed by atoms with van der Waals surface area (Å²) in [5.74, 6) is 0.0402. The van der Waals surface area contributed by atoms with Crippen molar-refractivity contribution in [3.8, 4) is 0 Å². The lowest BCUT2D eigenvalue weighted by Gasteiger charge is -2.19. The Balaban J connectivity index is 1.66. The van der Waals surface area contributed by atoms with Gasteiger partial charge in [0.05, 0.1) is 39.0 Å². The van der Waals surface area contributed by atoms with Crippen LogP contribution in [0.15, 0.2) is 58.3 Å². The van der Waals surface area contributed by atoms with E-state index in [1.807, 2.05) is 17.5 Å². The lowest BCUT2D eigenvalue weighted by molar-refractivity contribution is -0.116. The Morgan fingerprint density at radius 2 is 1.86 bits per heavy atom. The normalized spacial score (nSPS) is 10.6. The predicted octanol–water partition coefficient (Wildman–Crippen LogP) is 5.45. The van der Waals surface area contributed by atoms with Crippen molar-refractivity contribution in [3.63, 3.8) is 0 Å². The number of halogens is 2. The van der Waals surface area contributed by atoms with Crippen molar-refractivity contribution in [1.82, 2.24) is 9.88 Å². The van der Waals surface area contributed by atoms with Crippen LogP contribution in [0.4, 0.5) is 5.69 Å². The third-order valence-corrected chi connectivity index (χ3v) is 6.30. The summed E-state index contributed by atoms with van der Waals surface area (Å²) in [6, 6.07) is 12.3. The fourth-order valence-electron chi connectivity index (χ4n) is 2.52. The van der Waals surface area contributed by atoms with Crippen LogP contribution >= 0.6 is 46.3 Å². The summed E-state index contributed by atoms with van der Waals surface area (Å²) < 4.78 is 0. The van der Waals surface area contributed by atoms with Gasteiger partial charge in [-0.05, 0) is 24.3 Å². The maximum absolute atomic E-state index is 12.9. The molecule has 0 saturated heterocycles. The van der Waals surface area contributed by atoms with Crippen LogP contribution in [-0.2, 0) is 10.5 Å². The van der Waals surface area contributed by atoms with Crippen LogP contribution < -0.4 is 5.32 Å². The lowest BCUT2D eigenvalue weighted by Crippen LogP contribution is -2.35. The Labute approximate surface area is 187 Å². The molecule has 1 N–H and O–H groups in total. The summed E-state index contributed by atoms with van der Waals surface area (Å²) in [7, 11) is 1.58. The van der Waals surface area contributed by atoms with Gasteiger partial charge in [-0.25, -0.2) is 4.98 Å². The molecule has 3 aromatic rings. The number of hydrogen-bond donors (Lipinski definition) is 1. The fraction of sp³-hybridized carbons (Fsp3) is 0.150. The number of benzene rings is 2. The van der Waals surface area contributed by atoms with Gasteiger partial charge in [-0.3, -0.25) is 9.59 Å². The van der Waals surface area contributed by atoms with E-state index in [2.05, 4.69) is 10.3 Å². The summed E-state index contributed by atoms with van der Waals surface area (Å²) >= 11 is 15.2. The van der Waals surface area contributed by atoms with Gasteiger partial charge in [-0.2, -0.15) is 0 Å². The molecule has 0 fully saturated rings. The van der Waals surface area contributed by atoms with Crippen LogP contribution in [-0.4, -0.2) is 35.3 Å². The van der Waals surface area contributed by atoms with Gasteiger partial charge in [0.25, 0.3) is 5.91 Å². The van der Waals surface area contributed by atoms with E-state index in [0.29, 0.717) is 27.0 Å². The van der Waals surface area contributed by atoms with Gasteiger partial charge in [0.2, 0.25) is 5.91 Å². The molecule has 0 aliphatic rings. The molecule has 0 saturated carbocycles. The zero-order valence-corrected chi connectivity index (χ0v) is 18.5. The molecule has 0 spiro atoms. The second-order valence-corrected chi connectivity index (χ2v) is 8.62. The van der Waals surface area contributed by atoms with E-state index in [1.165, 1.54) is 28.0 Å². The molecule has 0 unspecified atom stereocenters. The highest BCUT2D eigenvalue weighted by Gasteiger charge is 2.19. The molecule has 3 rings (SSSR count). The molecule has 2 amide bonds. The number of carbonyl (C=O) groups excluding carboxylic acids is 2. The zero-order valence-electron chi connectivity index (χ0n) is 15.4. The first-order valence-electron chi connectivity index (χ1n) is 8.54. The summed E-state index contributed by atoms with van der Waals surface area (Å²) in [4.78, 5) is 31.8. The number of likely N-dealkylation sites (N-methyl/N-ethyl adjacent to an activating group) is 1. The summed E-state index contributed by atoms with van der Waals surface area (Å²) in [6.45, 7) is -0.133. The van der Waals surface area contributed by atoms with Crippen LogP contribution in [0, 0.1) is 0 Å². The van der Waals surface area contributed by atoms with Crippen LogP contribution in [0.5, 0.6) is 0 Å². The minimum Gasteiger partial charge on any atom is -0.332 e. The smallest absolute Gasteiger partial charge is 0.255 e. The largest absolute Gasteiger partial charge is 0.332 e. The number of aromatic nitrogens is 1. The van der Waals surface area contributed by atoms with Gasteiger partial charge in [0, 0.05) is 23.1 Å². The van der Waals surface area contributed by atoms with Gasteiger partial charge >= 0.3 is 0 Å². The van der Waals surface area contributed by atoms with E-state index < -0.39 is 0 Å². The average molecular weight is 466 g/mol. The van der Waals surface area contributed by atoms with E-state index in [9.17, 15) is 9.59 Å². The number of hydrogen-bond acceptors (Lipinski definition) is 5. The molecule has 0 aliphatic heterocycles. The van der Waals surface area contributed by atoms with Gasteiger partial charge in [-0.15, -0.1) is 23.1 Å². The van der Waals surface area contributed by atoms with Crippen molar-refractivity contribution in [2.24, 2.45) is 0 Å². The topological polar surface area (TPSA) is 62.3 Å². The third-order valence-electron chi connectivity index (χ3n) is 3.93. The van der Waals surface area contributed by atoms with Crippen molar-refractivity contribution < 1.29 is 9.59 Å². The van der Waals surface area contributed by atoms with Crippen LogP contribution in [0.2, 0.25) is 10.0 Å². The van der Waals surface area contributed by atoms with Crippen molar-refractivity contribution in [2.75, 3.05) is 18.9 Å². The Morgan fingerprint density at radius 1 is 1.14 bits per heavy atom. The van der Waals surface area contributed by atoms with Crippen molar-refractivity contribution in [1.29, 1.82) is 0 Å². The number of thioether (sulfide) groups is 1. The molecule has 1 heterocycles. The SMILES string of the molecule is CN(CC(=O)Nc1c(Cl)cccc1Cl)C(=O)c1ccccc1SCc1cscn1. The van der Waals surface area contributed by atoms with Gasteiger partial charge < -0.3 is 10.2 Å². The van der Waals surface area contributed by atoms with Gasteiger partial charge in [0.1, 0.15) is 0 Å². The molecule has 5 nitrogen and oxygen atoms in total. The monoisotopic (exact) mass is 465 g/mol. The van der Waals surface area contributed by atoms with E-state index in [-0.39, 0.29) is 18.4 Å². The Kier molecular flexibility index (Phi) is 7.55. The zero-order chi connectivity index (χ0) is 20.8. The summed E-state index contributed by atoms with van der Waals surface area (Å²) in [5.41, 5.74) is 3.62. The number of amides is 2. The number of para-hydroxylation sites is 1. The summed E-state index contributed by atoms with van der Waals surface area (Å²) in [6.07, 6.45) is 0. The van der Waals surface area contributed by atoms with Gasteiger partial charge in [0.15, 0.2) is 0 Å². The van der Waals surface area contributed by atoms with Crippen LogP contribution in [0.1, 0.15) is 16.1 Å². The molecule has 0 aliphatic carbocycles. The first-order valence-corrected chi connectivity index (χ1v) is 11.2. The first kappa shape index (κ1) is 21.6. The molecular formula is C20H17Cl2N3O2S2. The summed E-state index contributed by atoms with van der Waals surface area (Å²) in [5, 5.41) is 5.32. The quantitative estimate of drug-likeness (QED) is 0.471. The second-order valence-electron chi connectivity index (χ2n) is 6.07. The number of thiazole rings is 1. The van der Waals surface area contributed by atoms with E-state index in [4.69, 9.17) is 23.2 Å².